The first kappa shape index (κ1) is 17.7. The van der Waals surface area contributed by atoms with E-state index in [2.05, 4.69) is 97.1 Å². The lowest BCUT2D eigenvalue weighted by atomic mass is 9.74. The Morgan fingerprint density at radius 1 is 0.852 bits per heavy atom. The standard InChI is InChI=1S/C25H22NP/c1-25(19-26)17-16-20(23-14-8-9-15-24(23)25)18-27(21-10-4-2-5-11-21)22-12-6-3-7-13-22/h2-17,20H,18H2,1H3. The van der Waals surface area contributed by atoms with Crippen molar-refractivity contribution in [2.45, 2.75) is 18.3 Å². The lowest BCUT2D eigenvalue weighted by Crippen LogP contribution is -2.26. The van der Waals surface area contributed by atoms with E-state index in [9.17, 15) is 5.26 Å². The van der Waals surface area contributed by atoms with Gasteiger partial charge in [-0.25, -0.2) is 0 Å². The minimum Gasteiger partial charge on any atom is -0.197 e. The predicted molar refractivity (Wildman–Crippen MR) is 115 cm³/mol. The Morgan fingerprint density at radius 3 is 2.00 bits per heavy atom. The lowest BCUT2D eigenvalue weighted by Gasteiger charge is -2.32. The molecular formula is C25H22NP. The summed E-state index contributed by atoms with van der Waals surface area (Å²) in [6.07, 6.45) is 5.41. The molecule has 0 saturated carbocycles. The summed E-state index contributed by atoms with van der Waals surface area (Å²) in [4.78, 5) is 0. The molecule has 0 heterocycles. The normalized spacial score (nSPS) is 20.9. The summed E-state index contributed by atoms with van der Waals surface area (Å²) >= 11 is 0. The molecule has 0 fully saturated rings. The molecule has 0 bridgehead atoms. The van der Waals surface area contributed by atoms with Crippen LogP contribution in [0.15, 0.2) is 97.1 Å². The number of nitriles is 1. The Balaban J connectivity index is 1.75. The maximum Gasteiger partial charge on any atom is 0.0977 e. The zero-order valence-electron chi connectivity index (χ0n) is 15.4. The molecule has 0 N–H and O–H groups in total. The average Bonchev–Trinajstić information content (AvgIpc) is 2.75. The fraction of sp³-hybridized carbons (Fsp3) is 0.160. The summed E-state index contributed by atoms with van der Waals surface area (Å²) in [7, 11) is -0.467. The number of fused-ring (bicyclic) bond motifs is 1. The van der Waals surface area contributed by atoms with Crippen LogP contribution in [0.3, 0.4) is 0 Å². The van der Waals surface area contributed by atoms with Crippen molar-refractivity contribution in [2.75, 3.05) is 6.16 Å². The quantitative estimate of drug-likeness (QED) is 0.456. The van der Waals surface area contributed by atoms with E-state index >= 15 is 0 Å². The van der Waals surface area contributed by atoms with Crippen LogP contribution in [0.1, 0.15) is 24.0 Å². The van der Waals surface area contributed by atoms with E-state index in [4.69, 9.17) is 0 Å². The number of allylic oxidation sites excluding steroid dienone is 2. The van der Waals surface area contributed by atoms with Gasteiger partial charge < -0.3 is 0 Å². The highest BCUT2D eigenvalue weighted by atomic mass is 31.1. The molecule has 0 aliphatic heterocycles. The fourth-order valence-electron chi connectivity index (χ4n) is 3.82. The number of nitrogens with zero attached hydrogens (tertiary/aromatic N) is 1. The molecule has 0 radical (unpaired) electrons. The van der Waals surface area contributed by atoms with Crippen LogP contribution in [0, 0.1) is 11.3 Å². The monoisotopic (exact) mass is 367 g/mol. The molecule has 1 aliphatic rings. The Hall–Kier alpha value is -2.68. The molecule has 2 atom stereocenters. The highest BCUT2D eigenvalue weighted by Gasteiger charge is 2.33. The van der Waals surface area contributed by atoms with Crippen molar-refractivity contribution in [3.05, 3.63) is 108 Å². The molecule has 0 spiro atoms. The van der Waals surface area contributed by atoms with Gasteiger partial charge in [0.05, 0.1) is 11.5 Å². The number of hydrogen-bond acceptors (Lipinski definition) is 1. The van der Waals surface area contributed by atoms with Crippen LogP contribution < -0.4 is 10.6 Å². The molecule has 0 amide bonds. The van der Waals surface area contributed by atoms with E-state index in [1.165, 1.54) is 16.2 Å². The molecule has 2 unspecified atom stereocenters. The molecule has 1 aliphatic carbocycles. The van der Waals surface area contributed by atoms with Gasteiger partial charge in [-0.2, -0.15) is 5.26 Å². The number of hydrogen-bond donors (Lipinski definition) is 0. The van der Waals surface area contributed by atoms with Crippen molar-refractivity contribution in [3.63, 3.8) is 0 Å². The molecule has 27 heavy (non-hydrogen) atoms. The van der Waals surface area contributed by atoms with Crippen LogP contribution in [0.25, 0.3) is 0 Å². The van der Waals surface area contributed by atoms with Crippen molar-refractivity contribution in [3.8, 4) is 6.07 Å². The second kappa shape index (κ2) is 7.51. The van der Waals surface area contributed by atoms with Crippen molar-refractivity contribution in [2.24, 2.45) is 0 Å². The minimum atomic E-state index is -0.532. The molecule has 3 aromatic carbocycles. The zero-order valence-corrected chi connectivity index (χ0v) is 16.3. The van der Waals surface area contributed by atoms with Crippen LogP contribution in [0.2, 0.25) is 0 Å². The van der Waals surface area contributed by atoms with E-state index in [0.717, 1.165) is 11.7 Å². The van der Waals surface area contributed by atoms with Gasteiger partial charge in [0.15, 0.2) is 0 Å². The summed E-state index contributed by atoms with van der Waals surface area (Å²) < 4.78 is 0. The largest absolute Gasteiger partial charge is 0.197 e. The van der Waals surface area contributed by atoms with Crippen LogP contribution in [0.4, 0.5) is 0 Å². The Bertz CT molecular complexity index is 948. The third kappa shape index (κ3) is 3.46. The summed E-state index contributed by atoms with van der Waals surface area (Å²) in [5.41, 5.74) is 1.91. The molecule has 132 valence electrons. The highest BCUT2D eigenvalue weighted by Crippen LogP contribution is 2.44. The summed E-state index contributed by atoms with van der Waals surface area (Å²) in [5.74, 6) is 0.328. The van der Waals surface area contributed by atoms with E-state index in [0.29, 0.717) is 5.92 Å². The van der Waals surface area contributed by atoms with Gasteiger partial charge in [0.25, 0.3) is 0 Å². The summed E-state index contributed by atoms with van der Waals surface area (Å²) in [6.45, 7) is 2.01. The van der Waals surface area contributed by atoms with Crippen LogP contribution in [-0.2, 0) is 5.41 Å². The van der Waals surface area contributed by atoms with Crippen LogP contribution in [-0.4, -0.2) is 6.16 Å². The van der Waals surface area contributed by atoms with Gasteiger partial charge in [0, 0.05) is 5.92 Å². The smallest absolute Gasteiger partial charge is 0.0977 e. The predicted octanol–water partition coefficient (Wildman–Crippen LogP) is 5.25. The third-order valence-electron chi connectivity index (χ3n) is 5.33. The van der Waals surface area contributed by atoms with E-state index < -0.39 is 13.3 Å². The van der Waals surface area contributed by atoms with E-state index in [1.54, 1.807) is 0 Å². The number of benzene rings is 3. The second-order valence-corrected chi connectivity index (χ2v) is 9.40. The maximum atomic E-state index is 9.72. The Morgan fingerprint density at radius 2 is 1.41 bits per heavy atom. The summed E-state index contributed by atoms with van der Waals surface area (Å²) in [5, 5.41) is 12.5. The Kier molecular flexibility index (Phi) is 4.93. The SMILES string of the molecule is CC1(C#N)C=CC(CP(c2ccccc2)c2ccccc2)c2ccccc21. The van der Waals surface area contributed by atoms with E-state index in [1.807, 2.05) is 13.0 Å². The van der Waals surface area contributed by atoms with Crippen molar-refractivity contribution < 1.29 is 0 Å². The molecular weight excluding hydrogens is 345 g/mol. The Labute approximate surface area is 162 Å². The van der Waals surface area contributed by atoms with Gasteiger partial charge in [-0.15, -0.1) is 0 Å². The number of rotatable bonds is 4. The molecule has 1 nitrogen and oxygen atoms in total. The fourth-order valence-corrected chi connectivity index (χ4v) is 6.32. The first-order chi connectivity index (χ1) is 13.2. The van der Waals surface area contributed by atoms with E-state index in [-0.39, 0.29) is 0 Å². The van der Waals surface area contributed by atoms with Gasteiger partial charge in [-0.1, -0.05) is 97.1 Å². The third-order valence-corrected chi connectivity index (χ3v) is 7.93. The van der Waals surface area contributed by atoms with Crippen LogP contribution in [0.5, 0.6) is 0 Å². The molecule has 3 aromatic rings. The topological polar surface area (TPSA) is 23.8 Å². The summed E-state index contributed by atoms with van der Waals surface area (Å²) in [6, 6.07) is 32.6. The van der Waals surface area contributed by atoms with Gasteiger partial charge in [-0.05, 0) is 42.7 Å². The van der Waals surface area contributed by atoms with Crippen molar-refractivity contribution >= 4 is 18.5 Å². The molecule has 0 aromatic heterocycles. The zero-order chi connectivity index (χ0) is 18.7. The van der Waals surface area contributed by atoms with Gasteiger partial charge >= 0.3 is 0 Å². The highest BCUT2D eigenvalue weighted by molar-refractivity contribution is 7.73. The maximum absolute atomic E-state index is 9.72. The van der Waals surface area contributed by atoms with Gasteiger partial charge in [0.2, 0.25) is 0 Å². The second-order valence-electron chi connectivity index (χ2n) is 7.15. The van der Waals surface area contributed by atoms with Gasteiger partial charge in [-0.3, -0.25) is 0 Å². The lowest BCUT2D eigenvalue weighted by molar-refractivity contribution is 0.717. The van der Waals surface area contributed by atoms with Gasteiger partial charge in [0.1, 0.15) is 0 Å². The average molecular weight is 367 g/mol. The van der Waals surface area contributed by atoms with Crippen molar-refractivity contribution in [1.29, 1.82) is 5.26 Å². The first-order valence-corrected chi connectivity index (χ1v) is 10.8. The molecule has 0 saturated heterocycles. The first-order valence-electron chi connectivity index (χ1n) is 9.29. The minimum absolute atomic E-state index is 0.328. The molecule has 2 heteroatoms. The van der Waals surface area contributed by atoms with Crippen LogP contribution >= 0.6 is 7.92 Å². The molecule has 4 rings (SSSR count). The van der Waals surface area contributed by atoms with Crippen molar-refractivity contribution in [1.82, 2.24) is 0 Å².